The summed E-state index contributed by atoms with van der Waals surface area (Å²) in [4.78, 5) is 42.9. The first-order valence-electron chi connectivity index (χ1n) is 23.5. The van der Waals surface area contributed by atoms with E-state index < -0.39 is 32.5 Å². The Labute approximate surface area is 339 Å². The van der Waals surface area contributed by atoms with Gasteiger partial charge >= 0.3 is 19.8 Å². The molecule has 9 heteroatoms. The van der Waals surface area contributed by atoms with Crippen LogP contribution in [0, 0.1) is 0 Å². The first-order chi connectivity index (χ1) is 26.8. The van der Waals surface area contributed by atoms with E-state index in [4.69, 9.17) is 19.3 Å². The summed E-state index contributed by atoms with van der Waals surface area (Å²) in [5, 5.41) is 0. The minimum atomic E-state index is -4.76. The largest absolute Gasteiger partial charge is 0.469 e. The summed E-state index contributed by atoms with van der Waals surface area (Å²) in [5.41, 5.74) is 0. The summed E-state index contributed by atoms with van der Waals surface area (Å²) in [6.07, 6.45) is 48.1. The van der Waals surface area contributed by atoms with E-state index in [1.54, 1.807) is 0 Å². The molecule has 0 aliphatic heterocycles. The smallest absolute Gasteiger partial charge is 0.462 e. The highest BCUT2D eigenvalue weighted by atomic mass is 31.2. The monoisotopic (exact) mass is 801 g/mol. The Morgan fingerprint density at radius 2 is 0.764 bits per heavy atom. The Morgan fingerprint density at radius 1 is 0.455 bits per heavy atom. The predicted molar refractivity (Wildman–Crippen MR) is 230 cm³/mol. The lowest BCUT2D eigenvalue weighted by molar-refractivity contribution is -0.161. The van der Waals surface area contributed by atoms with Crippen LogP contribution in [0.4, 0.5) is 0 Å². The second kappa shape index (κ2) is 42.4. The molecular formula is C46H89O8P. The van der Waals surface area contributed by atoms with Crippen molar-refractivity contribution < 1.29 is 37.9 Å². The molecule has 0 rings (SSSR count). The van der Waals surface area contributed by atoms with Crippen LogP contribution in [0.1, 0.15) is 251 Å². The van der Waals surface area contributed by atoms with Gasteiger partial charge in [-0.25, -0.2) is 4.57 Å². The maximum absolute atomic E-state index is 12.4. The van der Waals surface area contributed by atoms with Gasteiger partial charge in [0, 0.05) is 12.8 Å². The molecule has 0 aromatic carbocycles. The number of hydrogen-bond donors (Lipinski definition) is 2. The average Bonchev–Trinajstić information content (AvgIpc) is 3.16. The van der Waals surface area contributed by atoms with Crippen LogP contribution in [0.2, 0.25) is 0 Å². The molecule has 0 aromatic heterocycles. The summed E-state index contributed by atoms with van der Waals surface area (Å²) >= 11 is 0. The number of esters is 2. The number of phosphoric acid groups is 1. The summed E-state index contributed by atoms with van der Waals surface area (Å²) in [7, 11) is -4.76. The van der Waals surface area contributed by atoms with Gasteiger partial charge < -0.3 is 19.3 Å². The molecule has 326 valence electrons. The molecule has 0 bridgehead atoms. The number of carbonyl (C=O) groups excluding carboxylic acids is 2. The molecule has 55 heavy (non-hydrogen) atoms. The molecule has 0 aliphatic rings. The fraction of sp³-hybridized carbons (Fsp3) is 0.913. The number of unbranched alkanes of at least 4 members (excludes halogenated alkanes) is 32. The normalized spacial score (nSPS) is 12.4. The maximum Gasteiger partial charge on any atom is 0.469 e. The zero-order valence-electron chi connectivity index (χ0n) is 36.1. The van der Waals surface area contributed by atoms with Gasteiger partial charge in [0.25, 0.3) is 0 Å². The minimum Gasteiger partial charge on any atom is -0.462 e. The molecule has 8 nitrogen and oxygen atoms in total. The highest BCUT2D eigenvalue weighted by molar-refractivity contribution is 7.46. The Hall–Kier alpha value is -1.21. The third kappa shape index (κ3) is 45.4. The lowest BCUT2D eigenvalue weighted by atomic mass is 10.0. The van der Waals surface area contributed by atoms with Crippen molar-refractivity contribution in [3.05, 3.63) is 12.2 Å². The average molecular weight is 801 g/mol. The van der Waals surface area contributed by atoms with Crippen molar-refractivity contribution >= 4 is 19.8 Å². The zero-order chi connectivity index (χ0) is 40.3. The molecule has 0 aromatic rings. The summed E-state index contributed by atoms with van der Waals surface area (Å²) < 4.78 is 26.4. The highest BCUT2D eigenvalue weighted by Gasteiger charge is 2.22. The van der Waals surface area contributed by atoms with E-state index in [-0.39, 0.29) is 19.4 Å². The van der Waals surface area contributed by atoms with Crippen LogP contribution in [0.5, 0.6) is 0 Å². The van der Waals surface area contributed by atoms with E-state index >= 15 is 0 Å². The van der Waals surface area contributed by atoms with Crippen LogP contribution in [0.25, 0.3) is 0 Å². The van der Waals surface area contributed by atoms with Crippen LogP contribution in [-0.4, -0.2) is 41.0 Å². The summed E-state index contributed by atoms with van der Waals surface area (Å²) in [5.74, 6) is -0.895. The van der Waals surface area contributed by atoms with Crippen LogP contribution in [-0.2, 0) is 28.2 Å². The molecule has 0 amide bonds. The van der Waals surface area contributed by atoms with E-state index in [2.05, 4.69) is 30.5 Å². The maximum atomic E-state index is 12.4. The first kappa shape index (κ1) is 53.8. The van der Waals surface area contributed by atoms with Gasteiger partial charge in [-0.1, -0.05) is 212 Å². The van der Waals surface area contributed by atoms with Gasteiger partial charge in [0.2, 0.25) is 0 Å². The number of ether oxygens (including phenoxy) is 2. The van der Waals surface area contributed by atoms with Crippen LogP contribution < -0.4 is 0 Å². The van der Waals surface area contributed by atoms with E-state index in [1.807, 2.05) is 0 Å². The first-order valence-corrected chi connectivity index (χ1v) is 25.0. The molecule has 0 radical (unpaired) electrons. The molecule has 0 unspecified atom stereocenters. The molecule has 0 saturated carbocycles. The van der Waals surface area contributed by atoms with Gasteiger partial charge in [0.15, 0.2) is 6.10 Å². The SMILES string of the molecule is CCCCCCCCCCC/C=C/CCCCC(=O)O[C@H](COC(=O)CCCCCCCCCCCCCCCCCCCCCCCC)COP(=O)(O)O. The molecule has 1 atom stereocenters. The fourth-order valence-corrected chi connectivity index (χ4v) is 7.38. The van der Waals surface area contributed by atoms with Gasteiger partial charge in [-0.2, -0.15) is 0 Å². The number of phosphoric ester groups is 1. The number of allylic oxidation sites excluding steroid dienone is 2. The highest BCUT2D eigenvalue weighted by Crippen LogP contribution is 2.36. The topological polar surface area (TPSA) is 119 Å². The van der Waals surface area contributed by atoms with Crippen molar-refractivity contribution in [3.63, 3.8) is 0 Å². The molecule has 0 saturated heterocycles. The van der Waals surface area contributed by atoms with Gasteiger partial charge in [-0.15, -0.1) is 0 Å². The van der Waals surface area contributed by atoms with Crippen molar-refractivity contribution in [1.82, 2.24) is 0 Å². The molecule has 2 N–H and O–H groups in total. The van der Waals surface area contributed by atoms with Gasteiger partial charge in [-0.05, 0) is 38.5 Å². The molecule has 0 fully saturated rings. The van der Waals surface area contributed by atoms with Crippen molar-refractivity contribution in [3.8, 4) is 0 Å². The summed E-state index contributed by atoms with van der Waals surface area (Å²) in [6.45, 7) is 3.71. The predicted octanol–water partition coefficient (Wildman–Crippen LogP) is 14.6. The van der Waals surface area contributed by atoms with Crippen LogP contribution >= 0.6 is 7.82 Å². The number of hydrogen-bond acceptors (Lipinski definition) is 6. The van der Waals surface area contributed by atoms with Crippen LogP contribution in [0.3, 0.4) is 0 Å². The standard InChI is InChI=1S/C46H89O8P/c1-3-5-7-9-11-13-15-17-19-20-21-22-23-24-25-27-28-30-32-34-36-38-40-45(47)52-42-44(43-53-55(49,50)51)54-46(48)41-39-37-35-33-31-29-26-18-16-14-12-10-8-6-4-2/h31,33,44H,3-30,32,34-43H2,1-2H3,(H2,49,50,51)/b33-31+/t44-/m1/s1. The molecular weight excluding hydrogens is 711 g/mol. The second-order valence-electron chi connectivity index (χ2n) is 16.1. The third-order valence-corrected chi connectivity index (χ3v) is 11.0. The lowest BCUT2D eigenvalue weighted by Crippen LogP contribution is -2.29. The van der Waals surface area contributed by atoms with Gasteiger partial charge in [-0.3, -0.25) is 14.1 Å². The van der Waals surface area contributed by atoms with Crippen LogP contribution in [0.15, 0.2) is 12.2 Å². The Balaban J connectivity index is 3.81. The Bertz CT molecular complexity index is 904. The number of carbonyl (C=O) groups is 2. The van der Waals surface area contributed by atoms with Crippen molar-refractivity contribution in [2.45, 2.75) is 258 Å². The molecule has 0 aliphatic carbocycles. The van der Waals surface area contributed by atoms with E-state index in [0.717, 1.165) is 38.5 Å². The van der Waals surface area contributed by atoms with E-state index in [0.29, 0.717) is 6.42 Å². The van der Waals surface area contributed by atoms with Crippen molar-refractivity contribution in [1.29, 1.82) is 0 Å². The zero-order valence-corrected chi connectivity index (χ0v) is 37.0. The molecule has 0 spiro atoms. The Kier molecular flexibility index (Phi) is 41.5. The van der Waals surface area contributed by atoms with E-state index in [9.17, 15) is 14.2 Å². The van der Waals surface area contributed by atoms with E-state index in [1.165, 1.54) is 180 Å². The molecule has 0 heterocycles. The fourth-order valence-electron chi connectivity index (χ4n) is 7.02. The van der Waals surface area contributed by atoms with Crippen molar-refractivity contribution in [2.24, 2.45) is 0 Å². The van der Waals surface area contributed by atoms with Gasteiger partial charge in [0.1, 0.15) is 6.61 Å². The summed E-state index contributed by atoms with van der Waals surface area (Å²) in [6, 6.07) is 0. The third-order valence-electron chi connectivity index (χ3n) is 10.5. The van der Waals surface area contributed by atoms with Crippen molar-refractivity contribution in [2.75, 3.05) is 13.2 Å². The second-order valence-corrected chi connectivity index (χ2v) is 17.3. The minimum absolute atomic E-state index is 0.186. The number of rotatable bonds is 44. The Morgan fingerprint density at radius 3 is 1.15 bits per heavy atom. The quantitative estimate of drug-likeness (QED) is 0.0271. The van der Waals surface area contributed by atoms with Gasteiger partial charge in [0.05, 0.1) is 6.61 Å². The lowest BCUT2D eigenvalue weighted by Gasteiger charge is -2.18.